The van der Waals surface area contributed by atoms with Crippen molar-refractivity contribution in [2.24, 2.45) is 0 Å². The summed E-state index contributed by atoms with van der Waals surface area (Å²) < 4.78 is 5.52. The molecule has 142 valence electrons. The highest BCUT2D eigenvalue weighted by atomic mass is 16.5. The van der Waals surface area contributed by atoms with Crippen LogP contribution in [0.1, 0.15) is 31.1 Å². The minimum atomic E-state index is -0.0715. The fourth-order valence-corrected chi connectivity index (χ4v) is 4.05. The van der Waals surface area contributed by atoms with Crippen LogP contribution in [0.5, 0.6) is 0 Å². The fourth-order valence-electron chi connectivity index (χ4n) is 4.05. The second kappa shape index (κ2) is 7.11. The lowest BCUT2D eigenvalue weighted by Crippen LogP contribution is -2.24. The SMILES string of the molecule is O=C1CC(c2nc(-c3ccc(N4CCCC4)cc3)no2)CN1c1ccccc1. The van der Waals surface area contributed by atoms with E-state index in [0.717, 1.165) is 24.3 Å². The molecule has 2 aliphatic rings. The van der Waals surface area contributed by atoms with Gasteiger partial charge in [-0.2, -0.15) is 4.98 Å². The maximum atomic E-state index is 12.4. The van der Waals surface area contributed by atoms with E-state index in [1.54, 1.807) is 4.90 Å². The third-order valence-electron chi connectivity index (χ3n) is 5.58. The zero-order valence-electron chi connectivity index (χ0n) is 15.6. The fraction of sp³-hybridized carbons (Fsp3) is 0.318. The van der Waals surface area contributed by atoms with Crippen molar-refractivity contribution in [1.82, 2.24) is 10.1 Å². The van der Waals surface area contributed by atoms with Crippen molar-refractivity contribution in [1.29, 1.82) is 0 Å². The summed E-state index contributed by atoms with van der Waals surface area (Å²) in [5.74, 6) is 1.13. The molecule has 1 atom stereocenters. The average Bonchev–Trinajstić information content (AvgIpc) is 3.49. The van der Waals surface area contributed by atoms with Crippen molar-refractivity contribution in [3.8, 4) is 11.4 Å². The molecule has 6 nitrogen and oxygen atoms in total. The molecule has 1 aromatic heterocycles. The van der Waals surface area contributed by atoms with E-state index in [1.807, 2.05) is 42.5 Å². The van der Waals surface area contributed by atoms with Crippen LogP contribution >= 0.6 is 0 Å². The first-order valence-corrected chi connectivity index (χ1v) is 9.82. The van der Waals surface area contributed by atoms with Crippen LogP contribution in [0.4, 0.5) is 11.4 Å². The van der Waals surface area contributed by atoms with Gasteiger partial charge in [0.2, 0.25) is 17.6 Å². The maximum absolute atomic E-state index is 12.4. The van der Waals surface area contributed by atoms with Crippen molar-refractivity contribution in [3.63, 3.8) is 0 Å². The highest BCUT2D eigenvalue weighted by Gasteiger charge is 2.35. The Bertz CT molecular complexity index is 962. The molecule has 0 aliphatic carbocycles. The van der Waals surface area contributed by atoms with Crippen LogP contribution < -0.4 is 9.80 Å². The predicted octanol–water partition coefficient (Wildman–Crippen LogP) is 3.86. The van der Waals surface area contributed by atoms with E-state index in [-0.39, 0.29) is 11.8 Å². The summed E-state index contributed by atoms with van der Waals surface area (Å²) in [4.78, 5) is 21.2. The number of rotatable bonds is 4. The zero-order chi connectivity index (χ0) is 18.9. The second-order valence-electron chi connectivity index (χ2n) is 7.44. The van der Waals surface area contributed by atoms with Crippen molar-refractivity contribution in [2.75, 3.05) is 29.4 Å². The molecule has 0 saturated carbocycles. The molecule has 0 bridgehead atoms. The lowest BCUT2D eigenvalue weighted by atomic mass is 10.1. The normalized spacial score (nSPS) is 19.6. The number of anilines is 2. The van der Waals surface area contributed by atoms with Crippen LogP contribution in [-0.4, -0.2) is 35.7 Å². The molecule has 2 aromatic carbocycles. The van der Waals surface area contributed by atoms with E-state index in [2.05, 4.69) is 27.2 Å². The van der Waals surface area contributed by atoms with Crippen molar-refractivity contribution >= 4 is 17.3 Å². The molecule has 2 aliphatic heterocycles. The van der Waals surface area contributed by atoms with Gasteiger partial charge in [-0.15, -0.1) is 0 Å². The van der Waals surface area contributed by atoms with E-state index in [1.165, 1.54) is 18.5 Å². The Morgan fingerprint density at radius 1 is 0.929 bits per heavy atom. The number of carbonyl (C=O) groups excluding carboxylic acids is 1. The molecular weight excluding hydrogens is 352 g/mol. The van der Waals surface area contributed by atoms with Gasteiger partial charge in [0.25, 0.3) is 0 Å². The molecule has 0 spiro atoms. The van der Waals surface area contributed by atoms with Crippen molar-refractivity contribution in [2.45, 2.75) is 25.2 Å². The summed E-state index contributed by atoms with van der Waals surface area (Å²) in [5, 5.41) is 4.15. The second-order valence-corrected chi connectivity index (χ2v) is 7.44. The topological polar surface area (TPSA) is 62.5 Å². The van der Waals surface area contributed by atoms with E-state index in [9.17, 15) is 4.79 Å². The summed E-state index contributed by atoms with van der Waals surface area (Å²) in [6, 6.07) is 18.0. The Kier molecular flexibility index (Phi) is 4.31. The number of amides is 1. The first-order valence-electron chi connectivity index (χ1n) is 9.82. The van der Waals surface area contributed by atoms with Crippen molar-refractivity contribution < 1.29 is 9.32 Å². The lowest BCUT2D eigenvalue weighted by Gasteiger charge is -2.17. The summed E-state index contributed by atoms with van der Waals surface area (Å²) in [6.45, 7) is 2.82. The molecule has 2 saturated heterocycles. The quantitative estimate of drug-likeness (QED) is 0.694. The van der Waals surface area contributed by atoms with E-state index in [4.69, 9.17) is 4.52 Å². The van der Waals surface area contributed by atoms with Crippen LogP contribution in [0.25, 0.3) is 11.4 Å². The van der Waals surface area contributed by atoms with Gasteiger partial charge >= 0.3 is 0 Å². The number of benzene rings is 2. The van der Waals surface area contributed by atoms with Gasteiger partial charge in [0.1, 0.15) is 0 Å². The van der Waals surface area contributed by atoms with E-state index < -0.39 is 0 Å². The predicted molar refractivity (Wildman–Crippen MR) is 107 cm³/mol. The largest absolute Gasteiger partial charge is 0.372 e. The lowest BCUT2D eigenvalue weighted by molar-refractivity contribution is -0.117. The van der Waals surface area contributed by atoms with E-state index in [0.29, 0.717) is 24.7 Å². The molecule has 5 rings (SSSR count). The van der Waals surface area contributed by atoms with E-state index >= 15 is 0 Å². The van der Waals surface area contributed by atoms with Gasteiger partial charge in [-0.3, -0.25) is 4.79 Å². The monoisotopic (exact) mass is 374 g/mol. The molecular formula is C22H22N4O2. The maximum Gasteiger partial charge on any atom is 0.232 e. The average molecular weight is 374 g/mol. The number of hydrogen-bond acceptors (Lipinski definition) is 5. The van der Waals surface area contributed by atoms with Gasteiger partial charge in [0.15, 0.2) is 0 Å². The molecule has 1 unspecified atom stereocenters. The van der Waals surface area contributed by atoms with Gasteiger partial charge in [-0.1, -0.05) is 23.4 Å². The first-order chi connectivity index (χ1) is 13.8. The Hall–Kier alpha value is -3.15. The van der Waals surface area contributed by atoms with Gasteiger partial charge in [0.05, 0.1) is 5.92 Å². The molecule has 3 aromatic rings. The number of hydrogen-bond donors (Lipinski definition) is 0. The number of aromatic nitrogens is 2. The molecule has 6 heteroatoms. The summed E-state index contributed by atoms with van der Waals surface area (Å²) >= 11 is 0. The summed E-state index contributed by atoms with van der Waals surface area (Å²) in [6.07, 6.45) is 2.91. The Balaban J connectivity index is 1.32. The standard InChI is InChI=1S/C22H22N4O2/c27-20-14-17(15-26(20)19-6-2-1-3-7-19)22-23-21(24-28-22)16-8-10-18(11-9-16)25-12-4-5-13-25/h1-3,6-11,17H,4-5,12-15H2. The summed E-state index contributed by atoms with van der Waals surface area (Å²) in [5.41, 5.74) is 3.08. The third kappa shape index (κ3) is 3.15. The third-order valence-corrected chi connectivity index (χ3v) is 5.58. The van der Waals surface area contributed by atoms with Crippen LogP contribution in [0.2, 0.25) is 0 Å². The Morgan fingerprint density at radius 3 is 2.43 bits per heavy atom. The first kappa shape index (κ1) is 17.0. The Labute approximate surface area is 163 Å². The minimum absolute atomic E-state index is 0.0715. The molecule has 0 N–H and O–H groups in total. The smallest absolute Gasteiger partial charge is 0.232 e. The molecule has 3 heterocycles. The zero-order valence-corrected chi connectivity index (χ0v) is 15.6. The number of nitrogens with zero attached hydrogens (tertiary/aromatic N) is 4. The van der Waals surface area contributed by atoms with Gasteiger partial charge < -0.3 is 14.3 Å². The van der Waals surface area contributed by atoms with Gasteiger partial charge in [0, 0.05) is 43.0 Å². The minimum Gasteiger partial charge on any atom is -0.372 e. The number of para-hydroxylation sites is 1. The molecule has 28 heavy (non-hydrogen) atoms. The van der Waals surface area contributed by atoms with Crippen LogP contribution in [0.3, 0.4) is 0 Å². The van der Waals surface area contributed by atoms with Gasteiger partial charge in [-0.05, 0) is 49.2 Å². The molecule has 2 fully saturated rings. The number of carbonyl (C=O) groups is 1. The van der Waals surface area contributed by atoms with Crippen LogP contribution in [0.15, 0.2) is 59.1 Å². The van der Waals surface area contributed by atoms with Crippen LogP contribution in [0, 0.1) is 0 Å². The highest BCUT2D eigenvalue weighted by molar-refractivity contribution is 5.96. The molecule has 1 amide bonds. The van der Waals surface area contributed by atoms with Crippen LogP contribution in [-0.2, 0) is 4.79 Å². The van der Waals surface area contributed by atoms with Gasteiger partial charge in [-0.25, -0.2) is 0 Å². The molecule has 0 radical (unpaired) electrons. The Morgan fingerprint density at radius 2 is 1.68 bits per heavy atom. The summed E-state index contributed by atoms with van der Waals surface area (Å²) in [7, 11) is 0. The van der Waals surface area contributed by atoms with Crippen molar-refractivity contribution in [3.05, 3.63) is 60.5 Å². The highest BCUT2D eigenvalue weighted by Crippen LogP contribution is 2.32.